The maximum Gasteiger partial charge on any atom is 0.258 e. The fourth-order valence-corrected chi connectivity index (χ4v) is 3.11. The van der Waals surface area contributed by atoms with Crippen molar-refractivity contribution in [2.24, 2.45) is 5.92 Å². The molecule has 1 fully saturated rings. The third-order valence-electron chi connectivity index (χ3n) is 4.81. The minimum absolute atomic E-state index is 0.0235. The first-order valence-corrected chi connectivity index (χ1v) is 9.29. The van der Waals surface area contributed by atoms with Crippen molar-refractivity contribution in [2.45, 2.75) is 32.5 Å². The van der Waals surface area contributed by atoms with Crippen LogP contribution in [0.25, 0.3) is 0 Å². The Kier molecular flexibility index (Phi) is 5.07. The summed E-state index contributed by atoms with van der Waals surface area (Å²) in [4.78, 5) is 23.9. The van der Waals surface area contributed by atoms with Crippen molar-refractivity contribution in [3.05, 3.63) is 59.2 Å². The number of fused-ring (bicyclic) bond motifs is 1. The van der Waals surface area contributed by atoms with Gasteiger partial charge in [-0.2, -0.15) is 0 Å². The summed E-state index contributed by atoms with van der Waals surface area (Å²) in [5.41, 5.74) is 4.20. The standard InChI is InChI=1S/C21H23N3O3/c25-20(13-27-19-7-6-16-11-22-12-17(16)9-19)23-10-14-2-1-3-18(8-14)24-21(26)15-4-5-15/h1-3,6-9,15,22H,4-5,10-13H2,(H,23,25)(H,24,26). The average molecular weight is 365 g/mol. The highest BCUT2D eigenvalue weighted by atomic mass is 16.5. The maximum atomic E-state index is 12.1. The molecule has 1 heterocycles. The van der Waals surface area contributed by atoms with Crippen molar-refractivity contribution in [1.82, 2.24) is 10.6 Å². The summed E-state index contributed by atoms with van der Waals surface area (Å²) < 4.78 is 5.59. The van der Waals surface area contributed by atoms with Crippen LogP contribution in [-0.4, -0.2) is 18.4 Å². The smallest absolute Gasteiger partial charge is 0.258 e. The van der Waals surface area contributed by atoms with Crippen LogP contribution in [0.5, 0.6) is 5.75 Å². The Bertz CT molecular complexity index is 862. The molecule has 4 rings (SSSR count). The lowest BCUT2D eigenvalue weighted by Gasteiger charge is -2.10. The Labute approximate surface area is 158 Å². The number of hydrogen-bond acceptors (Lipinski definition) is 4. The molecular weight excluding hydrogens is 342 g/mol. The van der Waals surface area contributed by atoms with E-state index in [-0.39, 0.29) is 24.3 Å². The van der Waals surface area contributed by atoms with Gasteiger partial charge in [0.1, 0.15) is 5.75 Å². The Morgan fingerprint density at radius 3 is 2.78 bits per heavy atom. The minimum Gasteiger partial charge on any atom is -0.484 e. The largest absolute Gasteiger partial charge is 0.484 e. The second-order valence-corrected chi connectivity index (χ2v) is 7.06. The van der Waals surface area contributed by atoms with Gasteiger partial charge in [0.2, 0.25) is 5.91 Å². The number of rotatable bonds is 7. The van der Waals surface area contributed by atoms with Crippen LogP contribution < -0.4 is 20.7 Å². The molecule has 6 nitrogen and oxygen atoms in total. The zero-order valence-electron chi connectivity index (χ0n) is 15.1. The van der Waals surface area contributed by atoms with E-state index in [4.69, 9.17) is 4.74 Å². The van der Waals surface area contributed by atoms with Gasteiger partial charge in [0.25, 0.3) is 5.91 Å². The summed E-state index contributed by atoms with van der Waals surface area (Å²) in [6.45, 7) is 2.09. The van der Waals surface area contributed by atoms with E-state index in [0.29, 0.717) is 12.3 Å². The molecule has 6 heteroatoms. The molecule has 140 valence electrons. The molecule has 1 aliphatic heterocycles. The molecule has 0 aromatic heterocycles. The fraction of sp³-hybridized carbons (Fsp3) is 0.333. The van der Waals surface area contributed by atoms with E-state index in [1.165, 1.54) is 11.1 Å². The highest BCUT2D eigenvalue weighted by Crippen LogP contribution is 2.30. The second-order valence-electron chi connectivity index (χ2n) is 7.06. The lowest BCUT2D eigenvalue weighted by atomic mass is 10.1. The number of ether oxygens (including phenoxy) is 1. The molecule has 2 aromatic carbocycles. The molecule has 0 bridgehead atoms. The number of benzene rings is 2. The zero-order chi connectivity index (χ0) is 18.6. The topological polar surface area (TPSA) is 79.5 Å². The molecule has 0 radical (unpaired) electrons. The lowest BCUT2D eigenvalue weighted by molar-refractivity contribution is -0.123. The SMILES string of the molecule is O=C(COc1ccc2c(c1)CNC2)NCc1cccc(NC(=O)C2CC2)c1. The molecule has 1 aliphatic carbocycles. The molecule has 27 heavy (non-hydrogen) atoms. The van der Waals surface area contributed by atoms with Gasteiger partial charge in [-0.25, -0.2) is 0 Å². The quantitative estimate of drug-likeness (QED) is 0.704. The van der Waals surface area contributed by atoms with Crippen molar-refractivity contribution in [2.75, 3.05) is 11.9 Å². The van der Waals surface area contributed by atoms with Crippen LogP contribution in [-0.2, 0) is 29.2 Å². The number of anilines is 1. The Morgan fingerprint density at radius 2 is 1.93 bits per heavy atom. The van der Waals surface area contributed by atoms with E-state index in [9.17, 15) is 9.59 Å². The number of carbonyl (C=O) groups excluding carboxylic acids is 2. The predicted molar refractivity (Wildman–Crippen MR) is 102 cm³/mol. The second kappa shape index (κ2) is 7.80. The monoisotopic (exact) mass is 365 g/mol. The first-order valence-electron chi connectivity index (χ1n) is 9.29. The van der Waals surface area contributed by atoms with E-state index in [1.54, 1.807) is 0 Å². The Balaban J connectivity index is 1.24. The van der Waals surface area contributed by atoms with Crippen LogP contribution in [0.2, 0.25) is 0 Å². The van der Waals surface area contributed by atoms with Gasteiger partial charge in [0, 0.05) is 31.2 Å². The van der Waals surface area contributed by atoms with Crippen LogP contribution in [0.15, 0.2) is 42.5 Å². The minimum atomic E-state index is -0.180. The molecule has 2 amide bonds. The fourth-order valence-electron chi connectivity index (χ4n) is 3.11. The van der Waals surface area contributed by atoms with Crippen LogP contribution in [0.1, 0.15) is 29.5 Å². The molecule has 0 atom stereocenters. The summed E-state index contributed by atoms with van der Waals surface area (Å²) in [5, 5.41) is 9.05. The molecule has 1 saturated carbocycles. The Hall–Kier alpha value is -2.86. The lowest BCUT2D eigenvalue weighted by Crippen LogP contribution is -2.28. The first-order chi connectivity index (χ1) is 13.2. The van der Waals surface area contributed by atoms with E-state index in [1.807, 2.05) is 42.5 Å². The first kappa shape index (κ1) is 17.5. The van der Waals surface area contributed by atoms with Crippen molar-refractivity contribution in [3.63, 3.8) is 0 Å². The Morgan fingerprint density at radius 1 is 1.07 bits per heavy atom. The highest BCUT2D eigenvalue weighted by Gasteiger charge is 2.29. The molecule has 2 aromatic rings. The van der Waals surface area contributed by atoms with Gasteiger partial charge in [-0.05, 0) is 53.8 Å². The predicted octanol–water partition coefficient (Wildman–Crippen LogP) is 2.33. The summed E-state index contributed by atoms with van der Waals surface area (Å²) >= 11 is 0. The molecule has 3 N–H and O–H groups in total. The van der Waals surface area contributed by atoms with Crippen molar-refractivity contribution >= 4 is 17.5 Å². The van der Waals surface area contributed by atoms with Crippen LogP contribution >= 0.6 is 0 Å². The molecular formula is C21H23N3O3. The van der Waals surface area contributed by atoms with Gasteiger partial charge in [-0.15, -0.1) is 0 Å². The van der Waals surface area contributed by atoms with Gasteiger partial charge in [-0.1, -0.05) is 18.2 Å². The van der Waals surface area contributed by atoms with Gasteiger partial charge in [-0.3, -0.25) is 9.59 Å². The van der Waals surface area contributed by atoms with Crippen molar-refractivity contribution < 1.29 is 14.3 Å². The van der Waals surface area contributed by atoms with Crippen molar-refractivity contribution in [3.8, 4) is 5.75 Å². The number of hydrogen-bond donors (Lipinski definition) is 3. The highest BCUT2D eigenvalue weighted by molar-refractivity contribution is 5.94. The van der Waals surface area contributed by atoms with E-state index in [0.717, 1.165) is 37.2 Å². The summed E-state index contributed by atoms with van der Waals surface area (Å²) in [6.07, 6.45) is 1.95. The average Bonchev–Trinajstić information content (AvgIpc) is 3.43. The summed E-state index contributed by atoms with van der Waals surface area (Å²) in [6, 6.07) is 13.4. The van der Waals surface area contributed by atoms with Crippen LogP contribution in [0, 0.1) is 5.92 Å². The molecule has 2 aliphatic rings. The zero-order valence-corrected chi connectivity index (χ0v) is 15.1. The van der Waals surface area contributed by atoms with Gasteiger partial charge >= 0.3 is 0 Å². The number of amides is 2. The van der Waals surface area contributed by atoms with Crippen LogP contribution in [0.4, 0.5) is 5.69 Å². The third kappa shape index (κ3) is 4.65. The van der Waals surface area contributed by atoms with Crippen LogP contribution in [0.3, 0.4) is 0 Å². The van der Waals surface area contributed by atoms with Crippen molar-refractivity contribution in [1.29, 1.82) is 0 Å². The number of carbonyl (C=O) groups is 2. The summed E-state index contributed by atoms with van der Waals surface area (Å²) in [7, 11) is 0. The van der Waals surface area contributed by atoms with Gasteiger partial charge in [0.15, 0.2) is 6.61 Å². The number of nitrogens with one attached hydrogen (secondary N) is 3. The normalized spacial score (nSPS) is 15.1. The maximum absolute atomic E-state index is 12.1. The molecule has 0 unspecified atom stereocenters. The van der Waals surface area contributed by atoms with E-state index in [2.05, 4.69) is 16.0 Å². The van der Waals surface area contributed by atoms with Gasteiger partial charge in [0.05, 0.1) is 0 Å². The molecule has 0 saturated heterocycles. The summed E-state index contributed by atoms with van der Waals surface area (Å²) in [5.74, 6) is 0.771. The molecule has 0 spiro atoms. The van der Waals surface area contributed by atoms with E-state index < -0.39 is 0 Å². The van der Waals surface area contributed by atoms with Gasteiger partial charge < -0.3 is 20.7 Å². The van der Waals surface area contributed by atoms with E-state index >= 15 is 0 Å². The third-order valence-corrected chi connectivity index (χ3v) is 4.81.